The number of anilines is 3. The molecule has 2 heterocycles. The maximum absolute atomic E-state index is 5.92. The van der Waals surface area contributed by atoms with Gasteiger partial charge in [0.1, 0.15) is 11.6 Å². The lowest BCUT2D eigenvalue weighted by Gasteiger charge is -2.09. The number of benzene rings is 2. The Balaban J connectivity index is 1.55. The van der Waals surface area contributed by atoms with Crippen LogP contribution in [0.2, 0.25) is 0 Å². The van der Waals surface area contributed by atoms with E-state index >= 15 is 0 Å². The standard InChI is InChI=1S/C21H21N5O/c1-2-11-27-17-6-4-16(5-7-17)24-20-13-15(9-10-23-20)14-3-8-19-18(12-14)21(22)26-25-19/h3-10,12-13H,2,11H2,1H3,(H,23,24)(H3,22,25,26). The number of nitrogen functional groups attached to an aromatic ring is 1. The minimum Gasteiger partial charge on any atom is -0.494 e. The van der Waals surface area contributed by atoms with E-state index in [1.165, 1.54) is 0 Å². The van der Waals surface area contributed by atoms with Gasteiger partial charge < -0.3 is 15.8 Å². The van der Waals surface area contributed by atoms with Crippen LogP contribution in [0.4, 0.5) is 17.3 Å². The van der Waals surface area contributed by atoms with Crippen molar-refractivity contribution < 1.29 is 4.74 Å². The van der Waals surface area contributed by atoms with Gasteiger partial charge in [-0.25, -0.2) is 4.98 Å². The minimum atomic E-state index is 0.504. The van der Waals surface area contributed by atoms with Gasteiger partial charge in [0.15, 0.2) is 5.82 Å². The second-order valence-electron chi connectivity index (χ2n) is 6.30. The normalized spacial score (nSPS) is 10.9. The topological polar surface area (TPSA) is 88.8 Å². The Hall–Kier alpha value is -3.54. The predicted octanol–water partition coefficient (Wildman–Crippen LogP) is 4.74. The molecule has 0 spiro atoms. The van der Waals surface area contributed by atoms with E-state index in [9.17, 15) is 0 Å². The van der Waals surface area contributed by atoms with Crippen molar-refractivity contribution in [2.45, 2.75) is 13.3 Å². The van der Waals surface area contributed by atoms with Crippen LogP contribution in [0.5, 0.6) is 5.75 Å². The highest BCUT2D eigenvalue weighted by Gasteiger charge is 2.06. The van der Waals surface area contributed by atoms with E-state index < -0.39 is 0 Å². The zero-order chi connectivity index (χ0) is 18.6. The molecule has 0 unspecified atom stereocenters. The van der Waals surface area contributed by atoms with Crippen molar-refractivity contribution in [3.63, 3.8) is 0 Å². The lowest BCUT2D eigenvalue weighted by atomic mass is 10.0. The lowest BCUT2D eigenvalue weighted by Crippen LogP contribution is -1.96. The van der Waals surface area contributed by atoms with Crippen molar-refractivity contribution in [2.24, 2.45) is 0 Å². The first-order valence-corrected chi connectivity index (χ1v) is 8.93. The molecule has 0 bridgehead atoms. The molecule has 0 aliphatic heterocycles. The number of pyridine rings is 1. The van der Waals surface area contributed by atoms with Gasteiger partial charge in [-0.2, -0.15) is 5.10 Å². The smallest absolute Gasteiger partial charge is 0.153 e. The molecule has 6 heteroatoms. The molecule has 136 valence electrons. The van der Waals surface area contributed by atoms with Crippen LogP contribution in [0.1, 0.15) is 13.3 Å². The van der Waals surface area contributed by atoms with Gasteiger partial charge in [0.2, 0.25) is 0 Å². The average molecular weight is 359 g/mol. The van der Waals surface area contributed by atoms with Crippen LogP contribution < -0.4 is 15.8 Å². The van der Waals surface area contributed by atoms with Crippen molar-refractivity contribution in [1.29, 1.82) is 0 Å². The van der Waals surface area contributed by atoms with Crippen LogP contribution in [-0.2, 0) is 0 Å². The number of fused-ring (bicyclic) bond motifs is 1. The highest BCUT2D eigenvalue weighted by molar-refractivity contribution is 5.92. The first kappa shape index (κ1) is 16.9. The molecule has 0 fully saturated rings. The van der Waals surface area contributed by atoms with E-state index in [2.05, 4.69) is 27.4 Å². The van der Waals surface area contributed by atoms with Gasteiger partial charge in [-0.1, -0.05) is 13.0 Å². The molecule has 4 aromatic rings. The zero-order valence-corrected chi connectivity index (χ0v) is 15.1. The summed E-state index contributed by atoms with van der Waals surface area (Å²) in [6.45, 7) is 2.81. The Morgan fingerprint density at radius 3 is 2.67 bits per heavy atom. The number of ether oxygens (including phenoxy) is 1. The van der Waals surface area contributed by atoms with Crippen LogP contribution >= 0.6 is 0 Å². The Morgan fingerprint density at radius 2 is 1.85 bits per heavy atom. The number of hydrogen-bond donors (Lipinski definition) is 3. The summed E-state index contributed by atoms with van der Waals surface area (Å²) in [6, 6.07) is 17.9. The summed E-state index contributed by atoms with van der Waals surface area (Å²) in [4.78, 5) is 4.42. The number of nitrogens with zero attached hydrogens (tertiary/aromatic N) is 2. The van der Waals surface area contributed by atoms with Gasteiger partial charge in [0.05, 0.1) is 12.1 Å². The van der Waals surface area contributed by atoms with E-state index in [0.29, 0.717) is 5.82 Å². The second kappa shape index (κ2) is 7.37. The molecular formula is C21H21N5O. The third kappa shape index (κ3) is 3.69. The summed E-state index contributed by atoms with van der Waals surface area (Å²) in [5.74, 6) is 2.15. The SMILES string of the molecule is CCCOc1ccc(Nc2cc(-c3ccc4[nH]nc(N)c4c3)ccn2)cc1. The molecule has 6 nitrogen and oxygen atoms in total. The molecule has 0 atom stereocenters. The van der Waals surface area contributed by atoms with Gasteiger partial charge in [-0.15, -0.1) is 0 Å². The Labute approximate surface area is 157 Å². The van der Waals surface area contributed by atoms with Crippen LogP contribution in [0, 0.1) is 0 Å². The van der Waals surface area contributed by atoms with Crippen molar-refractivity contribution in [1.82, 2.24) is 15.2 Å². The summed E-state index contributed by atoms with van der Waals surface area (Å²) in [5.41, 5.74) is 9.92. The largest absolute Gasteiger partial charge is 0.494 e. The van der Waals surface area contributed by atoms with Gasteiger partial charge in [-0.05, 0) is 66.1 Å². The van der Waals surface area contributed by atoms with Gasteiger partial charge >= 0.3 is 0 Å². The second-order valence-corrected chi connectivity index (χ2v) is 6.30. The zero-order valence-electron chi connectivity index (χ0n) is 15.1. The minimum absolute atomic E-state index is 0.504. The number of aromatic amines is 1. The Morgan fingerprint density at radius 1 is 1.04 bits per heavy atom. The Bertz CT molecular complexity index is 1060. The van der Waals surface area contributed by atoms with E-state index in [-0.39, 0.29) is 0 Å². The number of nitrogens with one attached hydrogen (secondary N) is 2. The summed E-state index contributed by atoms with van der Waals surface area (Å²) in [7, 11) is 0. The number of H-pyrrole nitrogens is 1. The molecule has 4 rings (SSSR count). The molecule has 27 heavy (non-hydrogen) atoms. The Kier molecular flexibility index (Phi) is 4.61. The quantitative estimate of drug-likeness (QED) is 0.463. The number of hydrogen-bond acceptors (Lipinski definition) is 5. The third-order valence-corrected chi connectivity index (χ3v) is 4.29. The first-order chi connectivity index (χ1) is 13.2. The number of aromatic nitrogens is 3. The third-order valence-electron chi connectivity index (χ3n) is 4.29. The predicted molar refractivity (Wildman–Crippen MR) is 109 cm³/mol. The van der Waals surface area contributed by atoms with Crippen LogP contribution in [0.3, 0.4) is 0 Å². The summed E-state index contributed by atoms with van der Waals surface area (Å²) < 4.78 is 5.61. The molecule has 0 radical (unpaired) electrons. The van der Waals surface area contributed by atoms with E-state index in [1.54, 1.807) is 6.20 Å². The summed E-state index contributed by atoms with van der Waals surface area (Å²) in [6.07, 6.45) is 2.78. The highest BCUT2D eigenvalue weighted by atomic mass is 16.5. The van der Waals surface area contributed by atoms with E-state index in [0.717, 1.165) is 52.3 Å². The van der Waals surface area contributed by atoms with Crippen molar-refractivity contribution in [2.75, 3.05) is 17.7 Å². The summed E-state index contributed by atoms with van der Waals surface area (Å²) in [5, 5.41) is 11.2. The fourth-order valence-corrected chi connectivity index (χ4v) is 2.89. The van der Waals surface area contributed by atoms with Gasteiger partial charge in [0, 0.05) is 17.3 Å². The molecule has 0 aliphatic rings. The lowest BCUT2D eigenvalue weighted by molar-refractivity contribution is 0.317. The average Bonchev–Trinajstić information content (AvgIpc) is 3.08. The van der Waals surface area contributed by atoms with Crippen molar-refractivity contribution in [3.8, 4) is 16.9 Å². The highest BCUT2D eigenvalue weighted by Crippen LogP contribution is 2.28. The van der Waals surface area contributed by atoms with Crippen LogP contribution in [-0.4, -0.2) is 21.8 Å². The molecule has 0 amide bonds. The molecule has 4 N–H and O–H groups in total. The summed E-state index contributed by atoms with van der Waals surface area (Å²) >= 11 is 0. The maximum Gasteiger partial charge on any atom is 0.153 e. The van der Waals surface area contributed by atoms with Crippen LogP contribution in [0.15, 0.2) is 60.8 Å². The maximum atomic E-state index is 5.92. The molecular weight excluding hydrogens is 338 g/mol. The molecule has 0 aliphatic carbocycles. The fraction of sp³-hybridized carbons (Fsp3) is 0.143. The number of rotatable bonds is 6. The molecule has 0 saturated heterocycles. The molecule has 0 saturated carbocycles. The van der Waals surface area contributed by atoms with Crippen LogP contribution in [0.25, 0.3) is 22.0 Å². The molecule has 2 aromatic heterocycles. The van der Waals surface area contributed by atoms with E-state index in [4.69, 9.17) is 10.5 Å². The van der Waals surface area contributed by atoms with Crippen molar-refractivity contribution >= 4 is 28.2 Å². The monoisotopic (exact) mass is 359 g/mol. The fourth-order valence-electron chi connectivity index (χ4n) is 2.89. The number of nitrogens with two attached hydrogens (primary N) is 1. The molecule has 2 aromatic carbocycles. The first-order valence-electron chi connectivity index (χ1n) is 8.93. The van der Waals surface area contributed by atoms with Crippen molar-refractivity contribution in [3.05, 3.63) is 60.8 Å². The van der Waals surface area contributed by atoms with Gasteiger partial charge in [0.25, 0.3) is 0 Å². The van der Waals surface area contributed by atoms with Gasteiger partial charge in [-0.3, -0.25) is 5.10 Å². The van der Waals surface area contributed by atoms with E-state index in [1.807, 2.05) is 54.6 Å².